The Labute approximate surface area is 99.6 Å². The molecular weight excluding hydrogens is 252 g/mol. The Hall–Kier alpha value is -0.850. The van der Waals surface area contributed by atoms with E-state index in [9.17, 15) is 0 Å². The zero-order valence-electron chi connectivity index (χ0n) is 8.83. The summed E-state index contributed by atoms with van der Waals surface area (Å²) in [6.45, 7) is 3.02. The summed E-state index contributed by atoms with van der Waals surface area (Å²) in [6.07, 6.45) is 10.7. The monoisotopic (exact) mass is 266 g/mol. The second kappa shape index (κ2) is 6.60. The molecule has 0 aliphatic heterocycles. The van der Waals surface area contributed by atoms with E-state index in [1.54, 1.807) is 6.20 Å². The van der Waals surface area contributed by atoms with E-state index in [4.69, 9.17) is 6.42 Å². The van der Waals surface area contributed by atoms with Crippen molar-refractivity contribution in [1.29, 1.82) is 0 Å². The number of terminal acetylenes is 1. The van der Waals surface area contributed by atoms with Gasteiger partial charge in [-0.2, -0.15) is 0 Å². The highest BCUT2D eigenvalue weighted by Crippen LogP contribution is 2.20. The minimum Gasteiger partial charge on any atom is -0.310 e. The Kier molecular flexibility index (Phi) is 5.38. The highest BCUT2D eigenvalue weighted by molar-refractivity contribution is 9.10. The van der Waals surface area contributed by atoms with Gasteiger partial charge >= 0.3 is 0 Å². The lowest BCUT2D eigenvalue weighted by Gasteiger charge is -2.16. The first kappa shape index (κ1) is 12.2. The van der Waals surface area contributed by atoms with E-state index in [0.717, 1.165) is 23.9 Å². The van der Waals surface area contributed by atoms with Gasteiger partial charge in [0.15, 0.2) is 0 Å². The summed E-state index contributed by atoms with van der Waals surface area (Å²) >= 11 is 3.42. The third-order valence-corrected chi connectivity index (χ3v) is 2.59. The van der Waals surface area contributed by atoms with E-state index >= 15 is 0 Å². The SMILES string of the molecule is C#CCCC(NCC)c1cncc(Br)c1. The first-order valence-corrected chi connectivity index (χ1v) is 5.84. The van der Waals surface area contributed by atoms with Gasteiger partial charge in [-0.1, -0.05) is 6.92 Å². The molecular formula is C12H15BrN2. The Morgan fingerprint density at radius 1 is 1.60 bits per heavy atom. The van der Waals surface area contributed by atoms with Crippen LogP contribution in [0, 0.1) is 12.3 Å². The van der Waals surface area contributed by atoms with Crippen LogP contribution in [0.15, 0.2) is 22.9 Å². The van der Waals surface area contributed by atoms with Gasteiger partial charge in [-0.05, 0) is 40.5 Å². The Morgan fingerprint density at radius 3 is 3.00 bits per heavy atom. The van der Waals surface area contributed by atoms with Crippen LogP contribution in [0.5, 0.6) is 0 Å². The minimum atomic E-state index is 0.302. The summed E-state index contributed by atoms with van der Waals surface area (Å²) in [4.78, 5) is 4.16. The predicted octanol–water partition coefficient (Wildman–Crippen LogP) is 2.91. The molecule has 1 atom stereocenters. The summed E-state index contributed by atoms with van der Waals surface area (Å²) in [5.41, 5.74) is 1.18. The van der Waals surface area contributed by atoms with Crippen LogP contribution in [0.2, 0.25) is 0 Å². The smallest absolute Gasteiger partial charge is 0.0410 e. The predicted molar refractivity (Wildman–Crippen MR) is 66.4 cm³/mol. The molecule has 1 aromatic heterocycles. The van der Waals surface area contributed by atoms with Crippen molar-refractivity contribution in [2.24, 2.45) is 0 Å². The Balaban J connectivity index is 2.74. The van der Waals surface area contributed by atoms with Crippen LogP contribution in [0.1, 0.15) is 31.4 Å². The summed E-state index contributed by atoms with van der Waals surface area (Å²) in [5.74, 6) is 2.67. The number of pyridine rings is 1. The standard InChI is InChI=1S/C12H15BrN2/c1-3-5-6-12(15-4-2)10-7-11(13)9-14-8-10/h1,7-9,12,15H,4-6H2,2H3. The minimum absolute atomic E-state index is 0.302. The number of nitrogens with one attached hydrogen (secondary N) is 1. The molecule has 3 heteroatoms. The van der Waals surface area contributed by atoms with E-state index in [1.165, 1.54) is 5.56 Å². The molecule has 0 radical (unpaired) electrons. The average Bonchev–Trinajstić information content (AvgIpc) is 2.24. The van der Waals surface area contributed by atoms with E-state index in [-0.39, 0.29) is 0 Å². The van der Waals surface area contributed by atoms with Crippen molar-refractivity contribution in [2.75, 3.05) is 6.54 Å². The normalized spacial score (nSPS) is 12.1. The van der Waals surface area contributed by atoms with Gasteiger partial charge < -0.3 is 5.32 Å². The topological polar surface area (TPSA) is 24.9 Å². The molecule has 0 bridgehead atoms. The maximum atomic E-state index is 5.28. The number of rotatable bonds is 5. The third-order valence-electron chi connectivity index (χ3n) is 2.16. The molecule has 80 valence electrons. The van der Waals surface area contributed by atoms with Gasteiger partial charge in [-0.15, -0.1) is 12.3 Å². The van der Waals surface area contributed by atoms with Crippen LogP contribution in [0.25, 0.3) is 0 Å². The quantitative estimate of drug-likeness (QED) is 0.830. The molecule has 0 spiro atoms. The molecule has 2 nitrogen and oxygen atoms in total. The molecule has 0 aromatic carbocycles. The molecule has 0 saturated carbocycles. The highest BCUT2D eigenvalue weighted by atomic mass is 79.9. The molecule has 1 heterocycles. The zero-order valence-corrected chi connectivity index (χ0v) is 10.4. The molecule has 1 unspecified atom stereocenters. The number of aromatic nitrogens is 1. The van der Waals surface area contributed by atoms with Crippen LogP contribution < -0.4 is 5.32 Å². The van der Waals surface area contributed by atoms with Gasteiger partial charge in [0.05, 0.1) is 0 Å². The van der Waals surface area contributed by atoms with Crippen molar-refractivity contribution in [3.63, 3.8) is 0 Å². The van der Waals surface area contributed by atoms with E-state index < -0.39 is 0 Å². The third kappa shape index (κ3) is 4.03. The zero-order chi connectivity index (χ0) is 11.1. The van der Waals surface area contributed by atoms with Crippen molar-refractivity contribution in [1.82, 2.24) is 10.3 Å². The number of hydrogen-bond acceptors (Lipinski definition) is 2. The summed E-state index contributed by atoms with van der Waals surface area (Å²) in [5, 5.41) is 3.40. The van der Waals surface area contributed by atoms with E-state index in [1.807, 2.05) is 6.20 Å². The Morgan fingerprint density at radius 2 is 2.40 bits per heavy atom. The van der Waals surface area contributed by atoms with Gasteiger partial charge in [0.2, 0.25) is 0 Å². The molecule has 0 fully saturated rings. The molecule has 0 aliphatic carbocycles. The number of halogens is 1. The van der Waals surface area contributed by atoms with Crippen molar-refractivity contribution in [2.45, 2.75) is 25.8 Å². The van der Waals surface area contributed by atoms with Gasteiger partial charge in [-0.3, -0.25) is 4.98 Å². The maximum Gasteiger partial charge on any atom is 0.0410 e. The van der Waals surface area contributed by atoms with Crippen LogP contribution in [0.4, 0.5) is 0 Å². The molecule has 1 rings (SSSR count). The fraction of sp³-hybridized carbons (Fsp3) is 0.417. The first-order valence-electron chi connectivity index (χ1n) is 5.05. The summed E-state index contributed by atoms with van der Waals surface area (Å²) in [7, 11) is 0. The maximum absolute atomic E-state index is 5.28. The second-order valence-electron chi connectivity index (χ2n) is 3.29. The lowest BCUT2D eigenvalue weighted by atomic mass is 10.0. The van der Waals surface area contributed by atoms with Crippen LogP contribution in [-0.2, 0) is 0 Å². The van der Waals surface area contributed by atoms with Crippen molar-refractivity contribution >= 4 is 15.9 Å². The second-order valence-corrected chi connectivity index (χ2v) is 4.21. The number of hydrogen-bond donors (Lipinski definition) is 1. The summed E-state index contributed by atoms with van der Waals surface area (Å²) < 4.78 is 1.00. The largest absolute Gasteiger partial charge is 0.310 e. The molecule has 15 heavy (non-hydrogen) atoms. The van der Waals surface area contributed by atoms with E-state index in [2.05, 4.69) is 45.1 Å². The fourth-order valence-electron chi connectivity index (χ4n) is 1.48. The van der Waals surface area contributed by atoms with Crippen molar-refractivity contribution in [3.8, 4) is 12.3 Å². The fourth-order valence-corrected chi connectivity index (χ4v) is 1.86. The molecule has 1 aromatic rings. The summed E-state index contributed by atoms with van der Waals surface area (Å²) in [6, 6.07) is 2.38. The van der Waals surface area contributed by atoms with Gasteiger partial charge in [-0.25, -0.2) is 0 Å². The van der Waals surface area contributed by atoms with Gasteiger partial charge in [0.25, 0.3) is 0 Å². The Bertz CT molecular complexity index is 344. The molecule has 0 aliphatic rings. The lowest BCUT2D eigenvalue weighted by Crippen LogP contribution is -2.20. The molecule has 1 N–H and O–H groups in total. The molecule has 0 amide bonds. The molecule has 0 saturated heterocycles. The lowest BCUT2D eigenvalue weighted by molar-refractivity contribution is 0.521. The van der Waals surface area contributed by atoms with E-state index in [0.29, 0.717) is 6.04 Å². The highest BCUT2D eigenvalue weighted by Gasteiger charge is 2.09. The van der Waals surface area contributed by atoms with Gasteiger partial charge in [0.1, 0.15) is 0 Å². The number of nitrogens with zero attached hydrogens (tertiary/aromatic N) is 1. The van der Waals surface area contributed by atoms with Crippen LogP contribution in [0.3, 0.4) is 0 Å². The van der Waals surface area contributed by atoms with Crippen LogP contribution >= 0.6 is 15.9 Å². The van der Waals surface area contributed by atoms with Gasteiger partial charge in [0, 0.05) is 29.3 Å². The van der Waals surface area contributed by atoms with Crippen molar-refractivity contribution < 1.29 is 0 Å². The first-order chi connectivity index (χ1) is 7.27. The average molecular weight is 267 g/mol. The van der Waals surface area contributed by atoms with Crippen molar-refractivity contribution in [3.05, 3.63) is 28.5 Å². The van der Waals surface area contributed by atoms with Crippen LogP contribution in [-0.4, -0.2) is 11.5 Å².